The molecule has 0 spiro atoms. The molecule has 0 radical (unpaired) electrons. The van der Waals surface area contributed by atoms with Gasteiger partial charge in [-0.25, -0.2) is 13.1 Å². The molecule has 162 valence electrons. The van der Waals surface area contributed by atoms with Crippen LogP contribution < -0.4 is 9.46 Å². The summed E-state index contributed by atoms with van der Waals surface area (Å²) in [6, 6.07) is 9.73. The molecule has 0 fully saturated rings. The van der Waals surface area contributed by atoms with Crippen LogP contribution in [0.25, 0.3) is 0 Å². The van der Waals surface area contributed by atoms with E-state index in [2.05, 4.69) is 14.8 Å². The number of sulfonamides is 1. The van der Waals surface area contributed by atoms with Gasteiger partial charge in [-0.15, -0.1) is 0 Å². The predicted octanol–water partition coefficient (Wildman–Crippen LogP) is 3.26. The Morgan fingerprint density at radius 1 is 1.20 bits per heavy atom. The second kappa shape index (κ2) is 9.46. The zero-order valence-electron chi connectivity index (χ0n) is 17.6. The van der Waals surface area contributed by atoms with E-state index in [1.807, 2.05) is 44.3 Å². The molecule has 0 saturated heterocycles. The Morgan fingerprint density at radius 3 is 2.63 bits per heavy atom. The second-order valence-electron chi connectivity index (χ2n) is 7.38. The highest BCUT2D eigenvalue weighted by atomic mass is 32.2. The lowest BCUT2D eigenvalue weighted by Crippen LogP contribution is -2.34. The molecule has 3 aromatic rings. The molecule has 0 bridgehead atoms. The fourth-order valence-electron chi connectivity index (χ4n) is 3.21. The quantitative estimate of drug-likeness (QED) is 0.524. The van der Waals surface area contributed by atoms with E-state index >= 15 is 0 Å². The molecule has 1 aromatic carbocycles. The van der Waals surface area contributed by atoms with Crippen molar-refractivity contribution in [2.24, 2.45) is 0 Å². The van der Waals surface area contributed by atoms with Crippen LogP contribution in [0, 0.1) is 13.8 Å². The molecule has 30 heavy (non-hydrogen) atoms. The third-order valence-corrected chi connectivity index (χ3v) is 6.19. The van der Waals surface area contributed by atoms with Crippen LogP contribution in [0.1, 0.15) is 29.5 Å². The number of benzene rings is 1. The molecular formula is C21H27N3O5S. The van der Waals surface area contributed by atoms with Gasteiger partial charge in [0.1, 0.15) is 22.4 Å². The molecule has 9 heteroatoms. The summed E-state index contributed by atoms with van der Waals surface area (Å²) >= 11 is 0. The van der Waals surface area contributed by atoms with Crippen molar-refractivity contribution < 1.29 is 22.1 Å². The van der Waals surface area contributed by atoms with Crippen molar-refractivity contribution in [3.63, 3.8) is 0 Å². The summed E-state index contributed by atoms with van der Waals surface area (Å²) in [5.74, 6) is 0.953. The van der Waals surface area contributed by atoms with Gasteiger partial charge in [0.15, 0.2) is 5.76 Å². The Balaban J connectivity index is 1.55. The number of nitrogens with one attached hydrogen (secondary N) is 1. The number of hydrogen-bond acceptors (Lipinski definition) is 7. The number of nitrogens with zero attached hydrogens (tertiary/aromatic N) is 2. The number of ether oxygens (including phenoxy) is 1. The zero-order chi connectivity index (χ0) is 21.7. The van der Waals surface area contributed by atoms with Crippen LogP contribution in [0.3, 0.4) is 0 Å². The lowest BCUT2D eigenvalue weighted by atomic mass is 10.2. The Hall–Kier alpha value is -2.62. The minimum atomic E-state index is -3.72. The van der Waals surface area contributed by atoms with Crippen molar-refractivity contribution in [1.82, 2.24) is 14.8 Å². The maximum atomic E-state index is 12.5. The summed E-state index contributed by atoms with van der Waals surface area (Å²) < 4.78 is 43.6. The van der Waals surface area contributed by atoms with Crippen LogP contribution in [0.15, 0.2) is 56.7 Å². The van der Waals surface area contributed by atoms with Crippen LogP contribution in [-0.2, 0) is 23.1 Å². The van der Waals surface area contributed by atoms with Gasteiger partial charge >= 0.3 is 0 Å². The molecule has 0 aliphatic carbocycles. The number of rotatable bonds is 10. The van der Waals surface area contributed by atoms with Gasteiger partial charge in [-0.3, -0.25) is 4.90 Å². The van der Waals surface area contributed by atoms with Crippen molar-refractivity contribution in [2.75, 3.05) is 13.6 Å². The van der Waals surface area contributed by atoms with Crippen molar-refractivity contribution in [3.8, 4) is 5.75 Å². The van der Waals surface area contributed by atoms with Crippen molar-refractivity contribution in [1.29, 1.82) is 0 Å². The molecule has 3 rings (SSSR count). The molecule has 0 aliphatic heterocycles. The maximum absolute atomic E-state index is 12.5. The molecule has 1 N–H and O–H groups in total. The molecule has 0 unspecified atom stereocenters. The summed E-state index contributed by atoms with van der Waals surface area (Å²) in [5.41, 5.74) is 2.55. The van der Waals surface area contributed by atoms with Crippen molar-refractivity contribution >= 4 is 10.0 Å². The summed E-state index contributed by atoms with van der Waals surface area (Å²) in [6.07, 6.45) is 3.04. The third-order valence-electron chi connectivity index (χ3n) is 4.52. The summed E-state index contributed by atoms with van der Waals surface area (Å²) in [5, 5.41) is 3.70. The van der Waals surface area contributed by atoms with Gasteiger partial charge in [0, 0.05) is 25.2 Å². The average molecular weight is 434 g/mol. The zero-order valence-corrected chi connectivity index (χ0v) is 18.4. The summed E-state index contributed by atoms with van der Waals surface area (Å²) in [7, 11) is -1.68. The van der Waals surface area contributed by atoms with E-state index in [1.165, 1.54) is 0 Å². The Morgan fingerprint density at radius 2 is 1.97 bits per heavy atom. The number of aryl methyl sites for hydroxylation is 2. The number of furan rings is 1. The van der Waals surface area contributed by atoms with Crippen LogP contribution in [-0.4, -0.2) is 38.2 Å². The van der Waals surface area contributed by atoms with Crippen LogP contribution in [0.2, 0.25) is 0 Å². The highest BCUT2D eigenvalue weighted by Crippen LogP contribution is 2.20. The molecule has 0 aliphatic rings. The van der Waals surface area contributed by atoms with E-state index in [-0.39, 0.29) is 23.3 Å². The van der Waals surface area contributed by atoms with Gasteiger partial charge in [0.25, 0.3) is 0 Å². The Labute approximate surface area is 176 Å². The predicted molar refractivity (Wildman–Crippen MR) is 112 cm³/mol. The van der Waals surface area contributed by atoms with Gasteiger partial charge in [-0.2, -0.15) is 0 Å². The minimum Gasteiger partial charge on any atom is -0.489 e. The molecule has 0 saturated carbocycles. The average Bonchev–Trinajstić information content (AvgIpc) is 3.30. The highest BCUT2D eigenvalue weighted by Gasteiger charge is 2.24. The molecule has 8 nitrogen and oxygen atoms in total. The first-order valence-corrected chi connectivity index (χ1v) is 11.1. The van der Waals surface area contributed by atoms with E-state index in [0.29, 0.717) is 11.4 Å². The normalized spacial score (nSPS) is 13.0. The van der Waals surface area contributed by atoms with Crippen LogP contribution in [0.4, 0.5) is 0 Å². The van der Waals surface area contributed by atoms with Gasteiger partial charge in [-0.05, 0) is 51.6 Å². The monoisotopic (exact) mass is 433 g/mol. The Kier molecular flexibility index (Phi) is 6.96. The van der Waals surface area contributed by atoms with E-state index in [4.69, 9.17) is 13.7 Å². The molecule has 0 amide bonds. The third kappa shape index (κ3) is 5.71. The van der Waals surface area contributed by atoms with E-state index in [1.54, 1.807) is 26.4 Å². The lowest BCUT2D eigenvalue weighted by molar-refractivity contribution is 0.224. The van der Waals surface area contributed by atoms with Crippen molar-refractivity contribution in [2.45, 2.75) is 44.9 Å². The smallest absolute Gasteiger partial charge is 0.246 e. The van der Waals surface area contributed by atoms with E-state index in [0.717, 1.165) is 24.2 Å². The van der Waals surface area contributed by atoms with Gasteiger partial charge in [-0.1, -0.05) is 17.3 Å². The van der Waals surface area contributed by atoms with Gasteiger partial charge in [0.2, 0.25) is 10.0 Å². The number of hydrogen-bond donors (Lipinski definition) is 1. The first-order chi connectivity index (χ1) is 14.2. The standard InChI is InChI=1S/C21H27N3O5S/c1-15(11-22-30(25,26)21-16(2)23-29-17(21)3)28-20-7-5-6-18(10-20)12-24(4)13-19-8-9-27-14-19/h5-10,14-15,22H,11-13H2,1-4H3/t15-/m1/s1. The topological polar surface area (TPSA) is 97.8 Å². The lowest BCUT2D eigenvalue weighted by Gasteiger charge is -2.18. The number of aromatic nitrogens is 1. The van der Waals surface area contributed by atoms with Crippen molar-refractivity contribution in [3.05, 3.63) is 65.4 Å². The highest BCUT2D eigenvalue weighted by molar-refractivity contribution is 7.89. The SMILES string of the molecule is Cc1noc(C)c1S(=O)(=O)NC[C@@H](C)Oc1cccc(CN(C)Cc2ccoc2)c1. The molecule has 2 aromatic heterocycles. The Bertz CT molecular complexity index is 1040. The van der Waals surface area contributed by atoms with E-state index < -0.39 is 10.0 Å². The van der Waals surface area contributed by atoms with Gasteiger partial charge in [0.05, 0.1) is 12.5 Å². The first-order valence-electron chi connectivity index (χ1n) is 9.62. The molecule has 1 atom stereocenters. The summed E-state index contributed by atoms with van der Waals surface area (Å²) in [4.78, 5) is 2.25. The minimum absolute atomic E-state index is 0.0809. The van der Waals surface area contributed by atoms with Crippen LogP contribution in [0.5, 0.6) is 5.75 Å². The first kappa shape index (κ1) is 22.1. The summed E-state index contributed by atoms with van der Waals surface area (Å²) in [6.45, 7) is 6.63. The molecular weight excluding hydrogens is 406 g/mol. The second-order valence-corrected chi connectivity index (χ2v) is 9.09. The van der Waals surface area contributed by atoms with E-state index in [9.17, 15) is 8.42 Å². The maximum Gasteiger partial charge on any atom is 0.246 e. The van der Waals surface area contributed by atoms with Crippen LogP contribution >= 0.6 is 0 Å². The molecule has 2 heterocycles. The largest absolute Gasteiger partial charge is 0.489 e. The fourth-order valence-corrected chi connectivity index (χ4v) is 4.65. The van der Waals surface area contributed by atoms with Gasteiger partial charge < -0.3 is 13.7 Å². The fraction of sp³-hybridized carbons (Fsp3) is 0.381.